The van der Waals surface area contributed by atoms with Crippen LogP contribution in [0.1, 0.15) is 265 Å². The molecular weight excluding hydrogens is 781 g/mol. The summed E-state index contributed by atoms with van der Waals surface area (Å²) in [4.78, 5) is 37.8. The molecule has 0 aliphatic heterocycles. The fourth-order valence-corrected chi connectivity index (χ4v) is 7.49. The monoisotopic (exact) mass is 881 g/mol. The average molecular weight is 881 g/mol. The molecule has 0 N–H and O–H groups in total. The molecule has 0 rings (SSSR count). The number of carbonyl (C=O) groups excluding carboxylic acids is 3. The summed E-state index contributed by atoms with van der Waals surface area (Å²) in [5.41, 5.74) is 0. The van der Waals surface area contributed by atoms with E-state index in [9.17, 15) is 14.4 Å². The van der Waals surface area contributed by atoms with Gasteiger partial charge in [0.2, 0.25) is 0 Å². The second-order valence-corrected chi connectivity index (χ2v) is 17.8. The van der Waals surface area contributed by atoms with Gasteiger partial charge in [-0.3, -0.25) is 14.4 Å². The van der Waals surface area contributed by atoms with E-state index in [0.29, 0.717) is 19.3 Å². The quantitative estimate of drug-likeness (QED) is 0.0262. The van der Waals surface area contributed by atoms with E-state index in [-0.39, 0.29) is 31.1 Å². The van der Waals surface area contributed by atoms with Crippen molar-refractivity contribution in [1.29, 1.82) is 0 Å². The van der Waals surface area contributed by atoms with Gasteiger partial charge in [0.25, 0.3) is 0 Å². The Balaban J connectivity index is 4.07. The van der Waals surface area contributed by atoms with Crippen LogP contribution in [-0.4, -0.2) is 37.2 Å². The minimum Gasteiger partial charge on any atom is -0.462 e. The van der Waals surface area contributed by atoms with E-state index in [1.807, 2.05) is 0 Å². The second-order valence-electron chi connectivity index (χ2n) is 17.8. The third-order valence-electron chi connectivity index (χ3n) is 11.5. The van der Waals surface area contributed by atoms with Crippen molar-refractivity contribution in [2.45, 2.75) is 271 Å². The standard InChI is InChI=1S/C57H100O6/c1-4-7-10-13-16-19-21-22-23-24-25-26-27-28-29-30-31-32-33-34-35-36-37-39-41-44-47-50-56(59)62-53-54(52-61-55(58)49-46-43-40-18-15-12-9-6-3)63-57(60)51-48-45-42-38-20-17-14-11-8-5-2/h7,10-11,14,16,19,22-23,25-26,54H,4-6,8-9,12-13,15,17-18,20-21,24,27-53H2,1-3H3/b10-7-,14-11-,19-16-,23-22-,26-25-. The number of carbonyl (C=O) groups is 3. The van der Waals surface area contributed by atoms with Crippen LogP contribution >= 0.6 is 0 Å². The molecular formula is C57H100O6. The SMILES string of the molecule is CC/C=C\C/C=C\C/C=C\C/C=C\CCCCCCCCCCCCCCCCC(=O)OCC(COC(=O)CCCCCCCCCC)OC(=O)CCCCCCC/C=C\CCC. The van der Waals surface area contributed by atoms with Crippen LogP contribution in [0.3, 0.4) is 0 Å². The number of hydrogen-bond donors (Lipinski definition) is 0. The van der Waals surface area contributed by atoms with Crippen molar-refractivity contribution in [2.24, 2.45) is 0 Å². The number of allylic oxidation sites excluding steroid dienone is 10. The first-order chi connectivity index (χ1) is 31.0. The number of esters is 3. The van der Waals surface area contributed by atoms with E-state index < -0.39 is 6.10 Å². The highest BCUT2D eigenvalue weighted by Gasteiger charge is 2.19. The lowest BCUT2D eigenvalue weighted by molar-refractivity contribution is -0.167. The highest BCUT2D eigenvalue weighted by molar-refractivity contribution is 5.71. The van der Waals surface area contributed by atoms with Gasteiger partial charge in [0.1, 0.15) is 13.2 Å². The maximum absolute atomic E-state index is 12.7. The molecule has 0 amide bonds. The van der Waals surface area contributed by atoms with Crippen LogP contribution in [-0.2, 0) is 28.6 Å². The topological polar surface area (TPSA) is 78.9 Å². The molecule has 0 bridgehead atoms. The maximum Gasteiger partial charge on any atom is 0.306 e. The molecule has 6 nitrogen and oxygen atoms in total. The van der Waals surface area contributed by atoms with Crippen LogP contribution < -0.4 is 0 Å². The van der Waals surface area contributed by atoms with E-state index in [1.165, 1.54) is 122 Å². The van der Waals surface area contributed by atoms with Crippen molar-refractivity contribution >= 4 is 17.9 Å². The highest BCUT2D eigenvalue weighted by atomic mass is 16.6. The van der Waals surface area contributed by atoms with Crippen molar-refractivity contribution in [3.8, 4) is 0 Å². The van der Waals surface area contributed by atoms with E-state index in [0.717, 1.165) is 103 Å². The summed E-state index contributed by atoms with van der Waals surface area (Å²) in [5.74, 6) is -0.887. The molecule has 0 saturated carbocycles. The van der Waals surface area contributed by atoms with Gasteiger partial charge >= 0.3 is 17.9 Å². The summed E-state index contributed by atoms with van der Waals surface area (Å²) in [5, 5.41) is 0. The number of rotatable bonds is 48. The molecule has 0 fully saturated rings. The van der Waals surface area contributed by atoms with Gasteiger partial charge in [0.15, 0.2) is 6.10 Å². The largest absolute Gasteiger partial charge is 0.462 e. The molecule has 0 aromatic heterocycles. The predicted molar refractivity (Wildman–Crippen MR) is 270 cm³/mol. The van der Waals surface area contributed by atoms with E-state index in [4.69, 9.17) is 14.2 Å². The summed E-state index contributed by atoms with van der Waals surface area (Å²) in [7, 11) is 0. The predicted octanol–water partition coefficient (Wildman–Crippen LogP) is 17.6. The third kappa shape index (κ3) is 50.0. The van der Waals surface area contributed by atoms with Crippen LogP contribution in [0.2, 0.25) is 0 Å². The van der Waals surface area contributed by atoms with Gasteiger partial charge in [-0.15, -0.1) is 0 Å². The van der Waals surface area contributed by atoms with Crippen molar-refractivity contribution < 1.29 is 28.6 Å². The fraction of sp³-hybridized carbons (Fsp3) is 0.772. The Labute approximate surface area is 390 Å². The Morgan fingerprint density at radius 2 is 0.651 bits per heavy atom. The summed E-state index contributed by atoms with van der Waals surface area (Å²) in [6.45, 7) is 6.43. The van der Waals surface area contributed by atoms with Gasteiger partial charge in [-0.05, 0) is 77.0 Å². The summed E-state index contributed by atoms with van der Waals surface area (Å²) in [6.07, 6.45) is 63.8. The zero-order valence-electron chi connectivity index (χ0n) is 41.6. The lowest BCUT2D eigenvalue weighted by Gasteiger charge is -2.18. The van der Waals surface area contributed by atoms with Gasteiger partial charge in [0.05, 0.1) is 0 Å². The Kier molecular flexibility index (Phi) is 49.4. The summed E-state index contributed by atoms with van der Waals surface area (Å²) >= 11 is 0. The van der Waals surface area contributed by atoms with Gasteiger partial charge in [-0.25, -0.2) is 0 Å². The van der Waals surface area contributed by atoms with Gasteiger partial charge in [-0.1, -0.05) is 229 Å². The second kappa shape index (κ2) is 51.7. The molecule has 0 heterocycles. The first kappa shape index (κ1) is 60.1. The van der Waals surface area contributed by atoms with Gasteiger partial charge < -0.3 is 14.2 Å². The van der Waals surface area contributed by atoms with Gasteiger partial charge in [-0.2, -0.15) is 0 Å². The Morgan fingerprint density at radius 1 is 0.333 bits per heavy atom. The van der Waals surface area contributed by atoms with Crippen LogP contribution in [0.5, 0.6) is 0 Å². The smallest absolute Gasteiger partial charge is 0.306 e. The molecule has 364 valence electrons. The summed E-state index contributed by atoms with van der Waals surface area (Å²) in [6, 6.07) is 0. The lowest BCUT2D eigenvalue weighted by atomic mass is 10.0. The molecule has 1 unspecified atom stereocenters. The minimum atomic E-state index is -0.772. The van der Waals surface area contributed by atoms with Crippen LogP contribution in [0.15, 0.2) is 60.8 Å². The first-order valence-corrected chi connectivity index (χ1v) is 26.8. The Hall–Kier alpha value is -2.89. The zero-order chi connectivity index (χ0) is 45.8. The first-order valence-electron chi connectivity index (χ1n) is 26.8. The normalized spacial score (nSPS) is 12.5. The van der Waals surface area contributed by atoms with Crippen molar-refractivity contribution in [3.63, 3.8) is 0 Å². The number of hydrogen-bond acceptors (Lipinski definition) is 6. The fourth-order valence-electron chi connectivity index (χ4n) is 7.49. The average Bonchev–Trinajstić information content (AvgIpc) is 3.28. The maximum atomic E-state index is 12.7. The van der Waals surface area contributed by atoms with Crippen LogP contribution in [0.25, 0.3) is 0 Å². The van der Waals surface area contributed by atoms with Crippen molar-refractivity contribution in [2.75, 3.05) is 13.2 Å². The Morgan fingerprint density at radius 3 is 1.05 bits per heavy atom. The third-order valence-corrected chi connectivity index (χ3v) is 11.5. The van der Waals surface area contributed by atoms with Crippen LogP contribution in [0, 0.1) is 0 Å². The molecule has 0 aliphatic rings. The highest BCUT2D eigenvalue weighted by Crippen LogP contribution is 2.16. The minimum absolute atomic E-state index is 0.0752. The molecule has 63 heavy (non-hydrogen) atoms. The molecule has 6 heteroatoms. The summed E-state index contributed by atoms with van der Waals surface area (Å²) < 4.78 is 16.7. The van der Waals surface area contributed by atoms with Crippen molar-refractivity contribution in [1.82, 2.24) is 0 Å². The van der Waals surface area contributed by atoms with Crippen molar-refractivity contribution in [3.05, 3.63) is 60.8 Å². The number of ether oxygens (including phenoxy) is 3. The molecule has 0 aromatic rings. The molecule has 0 radical (unpaired) electrons. The number of unbranched alkanes of at least 4 members (excludes halogenated alkanes) is 27. The molecule has 1 atom stereocenters. The molecule has 0 saturated heterocycles. The van der Waals surface area contributed by atoms with E-state index in [2.05, 4.69) is 81.5 Å². The Bertz CT molecular complexity index is 1150. The molecule has 0 aromatic carbocycles. The van der Waals surface area contributed by atoms with Gasteiger partial charge in [0, 0.05) is 19.3 Å². The van der Waals surface area contributed by atoms with Crippen LogP contribution in [0.4, 0.5) is 0 Å². The zero-order valence-corrected chi connectivity index (χ0v) is 41.6. The van der Waals surface area contributed by atoms with E-state index >= 15 is 0 Å². The van der Waals surface area contributed by atoms with E-state index in [1.54, 1.807) is 0 Å². The lowest BCUT2D eigenvalue weighted by Crippen LogP contribution is -2.30. The molecule has 0 spiro atoms. The molecule has 0 aliphatic carbocycles.